The number of allylic oxidation sites excluding steroid dienone is 2. The summed E-state index contributed by atoms with van der Waals surface area (Å²) in [7, 11) is 0. The predicted octanol–water partition coefficient (Wildman–Crippen LogP) is 5.37. The first-order valence-electron chi connectivity index (χ1n) is 7.92. The van der Waals surface area contributed by atoms with Gasteiger partial charge >= 0.3 is 0 Å². The van der Waals surface area contributed by atoms with E-state index < -0.39 is 0 Å². The highest BCUT2D eigenvalue weighted by atomic mass is 32.2. The number of hydrogen-bond donors (Lipinski definition) is 2. The summed E-state index contributed by atoms with van der Waals surface area (Å²) in [6.45, 7) is 15.8. The molecule has 0 spiro atoms. The van der Waals surface area contributed by atoms with Gasteiger partial charge in [-0.05, 0) is 24.8 Å². The Morgan fingerprint density at radius 2 is 2.13 bits per heavy atom. The van der Waals surface area contributed by atoms with Crippen LogP contribution in [-0.4, -0.2) is 24.7 Å². The summed E-state index contributed by atoms with van der Waals surface area (Å²) in [5.74, 6) is 2.00. The first-order chi connectivity index (χ1) is 11.1. The van der Waals surface area contributed by atoms with Crippen molar-refractivity contribution in [1.29, 1.82) is 0 Å². The monoisotopic (exact) mass is 349 g/mol. The molecule has 0 amide bonds. The number of thioether (sulfide) groups is 1. The molecule has 0 aliphatic rings. The van der Waals surface area contributed by atoms with Gasteiger partial charge in [-0.3, -0.25) is 4.99 Å². The van der Waals surface area contributed by atoms with Crippen LogP contribution in [0.15, 0.2) is 47.3 Å². The Morgan fingerprint density at radius 1 is 1.35 bits per heavy atom. The second-order valence-electron chi connectivity index (χ2n) is 4.72. The van der Waals surface area contributed by atoms with Crippen molar-refractivity contribution in [3.05, 3.63) is 47.2 Å². The van der Waals surface area contributed by atoms with E-state index in [1.807, 2.05) is 12.2 Å². The number of amidine groups is 1. The molecule has 0 saturated carbocycles. The van der Waals surface area contributed by atoms with Gasteiger partial charge in [-0.2, -0.15) is 0 Å². The zero-order chi connectivity index (χ0) is 17.1. The van der Waals surface area contributed by atoms with Gasteiger partial charge in [-0.25, -0.2) is 0 Å². The first-order valence-corrected chi connectivity index (χ1v) is 9.72. The van der Waals surface area contributed by atoms with Gasteiger partial charge in [0.25, 0.3) is 0 Å². The largest absolute Gasteiger partial charge is 0.377 e. The van der Waals surface area contributed by atoms with Crippen LogP contribution in [0.5, 0.6) is 0 Å². The van der Waals surface area contributed by atoms with Crippen LogP contribution >= 0.6 is 23.1 Å². The topological polar surface area (TPSA) is 36.4 Å². The number of aliphatic imine (C=N–C) groups is 1. The first kappa shape index (κ1) is 19.6. The Kier molecular flexibility index (Phi) is 9.48. The van der Waals surface area contributed by atoms with Crippen molar-refractivity contribution < 1.29 is 0 Å². The van der Waals surface area contributed by atoms with Crippen molar-refractivity contribution in [3.63, 3.8) is 0 Å². The highest BCUT2D eigenvalue weighted by molar-refractivity contribution is 8.03. The maximum Gasteiger partial charge on any atom is 0.101 e. The number of nitrogens with one attached hydrogen (secondary N) is 2. The molecule has 2 N–H and O–H groups in total. The van der Waals surface area contributed by atoms with Crippen LogP contribution in [0.2, 0.25) is 0 Å². The van der Waals surface area contributed by atoms with Gasteiger partial charge in [-0.15, -0.1) is 23.1 Å². The van der Waals surface area contributed by atoms with Crippen molar-refractivity contribution in [3.8, 4) is 0 Å². The molecule has 1 heterocycles. The fraction of sp³-hybridized carbons (Fsp3) is 0.389. The summed E-state index contributed by atoms with van der Waals surface area (Å²) in [6.07, 6.45) is 4.70. The van der Waals surface area contributed by atoms with E-state index in [0.29, 0.717) is 6.54 Å². The number of thiophene rings is 1. The lowest BCUT2D eigenvalue weighted by Crippen LogP contribution is -2.20. The molecule has 0 radical (unpaired) electrons. The van der Waals surface area contributed by atoms with E-state index in [0.717, 1.165) is 40.1 Å². The van der Waals surface area contributed by atoms with Crippen molar-refractivity contribution in [2.24, 2.45) is 4.99 Å². The van der Waals surface area contributed by atoms with Gasteiger partial charge in [0.1, 0.15) is 5.84 Å². The van der Waals surface area contributed by atoms with Crippen molar-refractivity contribution in [2.75, 3.05) is 24.2 Å². The zero-order valence-corrected chi connectivity index (χ0v) is 15.9. The quantitative estimate of drug-likeness (QED) is 0.338. The lowest BCUT2D eigenvalue weighted by molar-refractivity contribution is 1.09. The molecular formula is C18H27N3S2. The van der Waals surface area contributed by atoms with Crippen molar-refractivity contribution >= 4 is 39.6 Å². The van der Waals surface area contributed by atoms with Crippen LogP contribution in [-0.2, 0) is 0 Å². The molecule has 1 rings (SSSR count). The van der Waals surface area contributed by atoms with Crippen LogP contribution in [0.1, 0.15) is 32.1 Å². The molecule has 1 aromatic rings. The molecule has 0 fully saturated rings. The minimum absolute atomic E-state index is 0.682. The predicted molar refractivity (Wildman–Crippen MR) is 110 cm³/mol. The average Bonchev–Trinajstić information content (AvgIpc) is 3.00. The van der Waals surface area contributed by atoms with E-state index in [4.69, 9.17) is 0 Å². The maximum absolute atomic E-state index is 4.69. The summed E-state index contributed by atoms with van der Waals surface area (Å²) in [5, 5.41) is 7.83. The Labute approximate surface area is 148 Å². The van der Waals surface area contributed by atoms with Gasteiger partial charge in [0, 0.05) is 23.6 Å². The summed E-state index contributed by atoms with van der Waals surface area (Å²) in [5.41, 5.74) is 0.900. The fourth-order valence-corrected chi connectivity index (χ4v) is 3.50. The number of anilines is 1. The van der Waals surface area contributed by atoms with E-state index in [2.05, 4.69) is 61.7 Å². The van der Waals surface area contributed by atoms with Gasteiger partial charge < -0.3 is 10.6 Å². The Hall–Kier alpha value is -1.46. The molecular weight excluding hydrogens is 322 g/mol. The standard InChI is InChI=1S/C18H27N3S2/c1-6-10-15(22-9-4)13-20-17(7-2)21-14(5)16-11-12-18(23-16)19-8-3/h6,10-12,19H,1,5,7-9,13H2,2-4H3,(H,20,21)/b15-10-. The molecule has 0 aliphatic carbocycles. The van der Waals surface area contributed by atoms with Gasteiger partial charge in [0.2, 0.25) is 0 Å². The Morgan fingerprint density at radius 3 is 2.74 bits per heavy atom. The van der Waals surface area contributed by atoms with E-state index >= 15 is 0 Å². The second-order valence-corrected chi connectivity index (χ2v) is 7.19. The highest BCUT2D eigenvalue weighted by Crippen LogP contribution is 2.26. The molecule has 0 atom stereocenters. The van der Waals surface area contributed by atoms with Gasteiger partial charge in [0.15, 0.2) is 0 Å². The van der Waals surface area contributed by atoms with Crippen LogP contribution in [0.3, 0.4) is 0 Å². The SMILES string of the molecule is C=C/C=C(/C/N=C(\CC)NC(=C)c1ccc(NCC)s1)SCC. The average molecular weight is 350 g/mol. The molecule has 3 nitrogen and oxygen atoms in total. The second kappa shape index (κ2) is 11.1. The molecule has 0 saturated heterocycles. The van der Waals surface area contributed by atoms with E-state index in [9.17, 15) is 0 Å². The molecule has 1 aromatic heterocycles. The molecule has 5 heteroatoms. The van der Waals surface area contributed by atoms with E-state index in [-0.39, 0.29) is 0 Å². The van der Waals surface area contributed by atoms with E-state index in [1.54, 1.807) is 23.1 Å². The van der Waals surface area contributed by atoms with Crippen LogP contribution in [0.4, 0.5) is 5.00 Å². The third-order valence-corrected chi connectivity index (χ3v) is 4.97. The Balaban J connectivity index is 2.69. The Bertz CT molecular complexity index is 571. The van der Waals surface area contributed by atoms with E-state index in [1.165, 1.54) is 4.91 Å². The lowest BCUT2D eigenvalue weighted by Gasteiger charge is -2.10. The third kappa shape index (κ3) is 7.10. The summed E-state index contributed by atoms with van der Waals surface area (Å²) in [6, 6.07) is 4.17. The molecule has 126 valence electrons. The molecule has 0 aliphatic heterocycles. The minimum Gasteiger partial charge on any atom is -0.377 e. The lowest BCUT2D eigenvalue weighted by atomic mass is 10.3. The molecule has 0 unspecified atom stereocenters. The molecule has 0 bridgehead atoms. The maximum atomic E-state index is 4.69. The summed E-state index contributed by atoms with van der Waals surface area (Å²) < 4.78 is 0. The fourth-order valence-electron chi connectivity index (χ4n) is 1.88. The van der Waals surface area contributed by atoms with Crippen LogP contribution in [0.25, 0.3) is 5.70 Å². The van der Waals surface area contributed by atoms with Crippen molar-refractivity contribution in [2.45, 2.75) is 27.2 Å². The van der Waals surface area contributed by atoms with Crippen molar-refractivity contribution in [1.82, 2.24) is 5.32 Å². The number of hydrogen-bond acceptors (Lipinski definition) is 4. The summed E-state index contributed by atoms with van der Waals surface area (Å²) in [4.78, 5) is 7.04. The third-order valence-electron chi connectivity index (χ3n) is 2.94. The van der Waals surface area contributed by atoms with Gasteiger partial charge in [-0.1, -0.05) is 39.2 Å². The molecule has 23 heavy (non-hydrogen) atoms. The smallest absolute Gasteiger partial charge is 0.101 e. The number of rotatable bonds is 10. The minimum atomic E-state index is 0.682. The normalized spacial score (nSPS) is 12.1. The number of nitrogens with zero attached hydrogens (tertiary/aromatic N) is 1. The summed E-state index contributed by atoms with van der Waals surface area (Å²) >= 11 is 3.51. The highest BCUT2D eigenvalue weighted by Gasteiger charge is 2.06. The van der Waals surface area contributed by atoms with Crippen LogP contribution < -0.4 is 10.6 Å². The zero-order valence-electron chi connectivity index (χ0n) is 14.3. The van der Waals surface area contributed by atoms with Crippen LogP contribution in [0, 0.1) is 0 Å². The molecule has 0 aromatic carbocycles. The van der Waals surface area contributed by atoms with Gasteiger partial charge in [0.05, 0.1) is 16.4 Å².